The van der Waals surface area contributed by atoms with Gasteiger partial charge in [0.05, 0.1) is 11.2 Å². The van der Waals surface area contributed by atoms with Gasteiger partial charge in [0, 0.05) is 23.0 Å². The van der Waals surface area contributed by atoms with Crippen LogP contribution in [0.15, 0.2) is 41.3 Å². The van der Waals surface area contributed by atoms with Crippen molar-refractivity contribution in [2.75, 3.05) is 5.32 Å². The van der Waals surface area contributed by atoms with E-state index in [0.29, 0.717) is 22.5 Å². The highest BCUT2D eigenvalue weighted by atomic mass is 35.5. The normalized spacial score (nSPS) is 11.2. The molecule has 0 radical (unpaired) electrons. The van der Waals surface area contributed by atoms with Gasteiger partial charge < -0.3 is 5.32 Å². The number of pyridine rings is 1. The number of aryl methyl sites for hydroxylation is 1. The molecule has 0 aliphatic rings. The summed E-state index contributed by atoms with van der Waals surface area (Å²) in [4.78, 5) is 35.0. The molecule has 9 heteroatoms. The van der Waals surface area contributed by atoms with Crippen LogP contribution in [0.1, 0.15) is 12.7 Å². The topological polar surface area (TPSA) is 76.9 Å². The Morgan fingerprint density at radius 3 is 2.93 bits per heavy atom. The lowest BCUT2D eigenvalue weighted by Crippen LogP contribution is -2.30. The van der Waals surface area contributed by atoms with Gasteiger partial charge in [-0.2, -0.15) is 0 Å². The predicted molar refractivity (Wildman–Crippen MR) is 109 cm³/mol. The fraction of sp³-hybridized carbons (Fsp3) is 0.158. The number of amides is 1. The highest BCUT2D eigenvalue weighted by Gasteiger charge is 2.18. The number of halogens is 2. The Balaban J connectivity index is 1.73. The van der Waals surface area contributed by atoms with Crippen LogP contribution in [-0.2, 0) is 17.8 Å². The van der Waals surface area contributed by atoms with Crippen molar-refractivity contribution in [3.63, 3.8) is 0 Å². The van der Waals surface area contributed by atoms with Crippen LogP contribution in [0, 0.1) is 5.82 Å². The van der Waals surface area contributed by atoms with Crippen molar-refractivity contribution >= 4 is 55.0 Å². The lowest BCUT2D eigenvalue weighted by molar-refractivity contribution is -0.116. The highest BCUT2D eigenvalue weighted by Crippen LogP contribution is 2.28. The minimum Gasteiger partial charge on any atom is -0.322 e. The summed E-state index contributed by atoms with van der Waals surface area (Å²) in [5.74, 6) is -0.695. The predicted octanol–water partition coefficient (Wildman–Crippen LogP) is 4.00. The molecular weight excluding hydrogens is 403 g/mol. The summed E-state index contributed by atoms with van der Waals surface area (Å²) in [5, 5.41) is 3.51. The largest absolute Gasteiger partial charge is 0.322 e. The van der Waals surface area contributed by atoms with Gasteiger partial charge in [0.25, 0.3) is 5.56 Å². The van der Waals surface area contributed by atoms with E-state index >= 15 is 0 Å². The summed E-state index contributed by atoms with van der Waals surface area (Å²) in [6, 6.07) is 7.62. The summed E-state index contributed by atoms with van der Waals surface area (Å²) in [5.41, 5.74) is 0.285. The zero-order valence-corrected chi connectivity index (χ0v) is 16.3. The van der Waals surface area contributed by atoms with Crippen LogP contribution in [0.3, 0.4) is 0 Å². The standard InChI is InChI=1S/C19H14ClFN4O2S/c1-2-14-24-16-11-4-3-7-22-18(11)28-17(16)19(27)25(14)9-15(26)23-13-6-5-10(20)8-12(13)21/h3-8H,2,9H2,1H3,(H,23,26). The zero-order chi connectivity index (χ0) is 19.8. The van der Waals surface area contributed by atoms with Gasteiger partial charge >= 0.3 is 0 Å². The van der Waals surface area contributed by atoms with E-state index in [-0.39, 0.29) is 22.8 Å². The van der Waals surface area contributed by atoms with Gasteiger partial charge in [0.2, 0.25) is 5.91 Å². The number of anilines is 1. The van der Waals surface area contributed by atoms with Crippen LogP contribution in [-0.4, -0.2) is 20.4 Å². The van der Waals surface area contributed by atoms with E-state index in [9.17, 15) is 14.0 Å². The van der Waals surface area contributed by atoms with Crippen molar-refractivity contribution in [3.05, 3.63) is 63.5 Å². The fourth-order valence-corrected chi connectivity index (χ4v) is 4.15. The zero-order valence-electron chi connectivity index (χ0n) is 14.7. The van der Waals surface area contributed by atoms with E-state index in [2.05, 4.69) is 15.3 Å². The van der Waals surface area contributed by atoms with Crippen LogP contribution < -0.4 is 10.9 Å². The number of thiophene rings is 1. The maximum atomic E-state index is 13.9. The molecule has 0 aliphatic carbocycles. The Hall–Kier alpha value is -2.84. The number of nitrogens with one attached hydrogen (secondary N) is 1. The third-order valence-corrected chi connectivity index (χ3v) is 5.58. The second-order valence-corrected chi connectivity index (χ2v) is 7.52. The summed E-state index contributed by atoms with van der Waals surface area (Å²) in [6.07, 6.45) is 2.12. The molecule has 0 bridgehead atoms. The third kappa shape index (κ3) is 3.25. The molecule has 1 amide bonds. The van der Waals surface area contributed by atoms with Gasteiger partial charge in [-0.25, -0.2) is 14.4 Å². The number of carbonyl (C=O) groups is 1. The fourth-order valence-electron chi connectivity index (χ4n) is 2.96. The second-order valence-electron chi connectivity index (χ2n) is 6.08. The first-order valence-electron chi connectivity index (χ1n) is 8.49. The van der Waals surface area contributed by atoms with E-state index < -0.39 is 11.7 Å². The van der Waals surface area contributed by atoms with Crippen molar-refractivity contribution in [2.24, 2.45) is 0 Å². The van der Waals surface area contributed by atoms with Gasteiger partial charge in [-0.05, 0) is 30.3 Å². The lowest BCUT2D eigenvalue weighted by Gasteiger charge is -2.12. The Morgan fingerprint density at radius 1 is 1.36 bits per heavy atom. The number of rotatable bonds is 4. The molecule has 142 valence electrons. The average Bonchev–Trinajstić information content (AvgIpc) is 3.05. The summed E-state index contributed by atoms with van der Waals surface area (Å²) in [6.45, 7) is 1.59. The van der Waals surface area contributed by atoms with Crippen LogP contribution in [0.2, 0.25) is 5.02 Å². The molecule has 4 rings (SSSR count). The number of aromatic nitrogens is 3. The van der Waals surface area contributed by atoms with Gasteiger partial charge in [0.1, 0.15) is 27.7 Å². The quantitative estimate of drug-likeness (QED) is 0.545. The maximum absolute atomic E-state index is 13.9. The first kappa shape index (κ1) is 18.5. The number of nitrogens with zero attached hydrogens (tertiary/aromatic N) is 3. The molecule has 1 N–H and O–H groups in total. The summed E-state index contributed by atoms with van der Waals surface area (Å²) >= 11 is 6.97. The Bertz CT molecular complexity index is 1280. The summed E-state index contributed by atoms with van der Waals surface area (Å²) < 4.78 is 15.7. The molecule has 0 saturated heterocycles. The van der Waals surface area contributed by atoms with Crippen molar-refractivity contribution in [3.8, 4) is 0 Å². The number of benzene rings is 1. The molecule has 0 atom stereocenters. The SMILES string of the molecule is CCc1nc2c(sc3ncccc32)c(=O)n1CC(=O)Nc1ccc(Cl)cc1F. The van der Waals surface area contributed by atoms with Gasteiger partial charge in [-0.15, -0.1) is 11.3 Å². The van der Waals surface area contributed by atoms with E-state index in [4.69, 9.17) is 11.6 Å². The molecule has 3 aromatic heterocycles. The molecule has 0 spiro atoms. The summed E-state index contributed by atoms with van der Waals surface area (Å²) in [7, 11) is 0. The van der Waals surface area contributed by atoms with Crippen LogP contribution >= 0.6 is 22.9 Å². The monoisotopic (exact) mass is 416 g/mol. The van der Waals surface area contributed by atoms with E-state index in [0.717, 1.165) is 16.3 Å². The van der Waals surface area contributed by atoms with Gasteiger partial charge in [0.15, 0.2) is 0 Å². The number of fused-ring (bicyclic) bond motifs is 3. The van der Waals surface area contributed by atoms with Crippen LogP contribution in [0.5, 0.6) is 0 Å². The molecule has 0 saturated carbocycles. The smallest absolute Gasteiger partial charge is 0.272 e. The second kappa shape index (κ2) is 7.29. The van der Waals surface area contributed by atoms with Gasteiger partial charge in [-0.1, -0.05) is 18.5 Å². The minimum absolute atomic E-state index is 0.000553. The van der Waals surface area contributed by atoms with E-state index in [1.165, 1.54) is 28.0 Å². The molecule has 1 aromatic carbocycles. The molecule has 6 nitrogen and oxygen atoms in total. The molecule has 4 aromatic rings. The molecule has 3 heterocycles. The number of hydrogen-bond acceptors (Lipinski definition) is 5. The molecule has 0 unspecified atom stereocenters. The number of carbonyl (C=O) groups excluding carboxylic acids is 1. The number of hydrogen-bond donors (Lipinski definition) is 1. The van der Waals surface area contributed by atoms with Crippen LogP contribution in [0.4, 0.5) is 10.1 Å². The van der Waals surface area contributed by atoms with Gasteiger partial charge in [-0.3, -0.25) is 14.2 Å². The Morgan fingerprint density at radius 2 is 2.18 bits per heavy atom. The molecule has 0 aliphatic heterocycles. The van der Waals surface area contributed by atoms with Crippen molar-refractivity contribution in [1.82, 2.24) is 14.5 Å². The first-order valence-corrected chi connectivity index (χ1v) is 9.69. The molecular formula is C19H14ClFN4O2S. The van der Waals surface area contributed by atoms with Crippen molar-refractivity contribution in [1.29, 1.82) is 0 Å². The van der Waals surface area contributed by atoms with Crippen molar-refractivity contribution in [2.45, 2.75) is 19.9 Å². The molecule has 28 heavy (non-hydrogen) atoms. The van der Waals surface area contributed by atoms with Crippen molar-refractivity contribution < 1.29 is 9.18 Å². The Kier molecular flexibility index (Phi) is 4.82. The molecule has 0 fully saturated rings. The highest BCUT2D eigenvalue weighted by molar-refractivity contribution is 7.25. The van der Waals surface area contributed by atoms with E-state index in [1.54, 1.807) is 12.3 Å². The first-order chi connectivity index (χ1) is 13.5. The van der Waals surface area contributed by atoms with Crippen LogP contribution in [0.25, 0.3) is 20.4 Å². The third-order valence-electron chi connectivity index (χ3n) is 4.26. The Labute approximate surface area is 167 Å². The lowest BCUT2D eigenvalue weighted by atomic mass is 10.3. The maximum Gasteiger partial charge on any atom is 0.272 e. The average molecular weight is 417 g/mol. The van der Waals surface area contributed by atoms with E-state index in [1.807, 2.05) is 13.0 Å². The minimum atomic E-state index is -0.645.